The van der Waals surface area contributed by atoms with Gasteiger partial charge in [-0.1, -0.05) is 42.5 Å². The summed E-state index contributed by atoms with van der Waals surface area (Å²) in [6.45, 7) is 4.90. The van der Waals surface area contributed by atoms with Crippen LogP contribution in [0.25, 0.3) is 0 Å². The molecule has 1 aliphatic rings. The lowest BCUT2D eigenvalue weighted by atomic mass is 9.94. The maximum absolute atomic E-state index is 12.9. The first-order valence-electron chi connectivity index (χ1n) is 10.7. The predicted molar refractivity (Wildman–Crippen MR) is 138 cm³/mol. The van der Waals surface area contributed by atoms with Crippen molar-refractivity contribution >= 4 is 42.4 Å². The summed E-state index contributed by atoms with van der Waals surface area (Å²) in [5.41, 5.74) is 3.54. The molecule has 2 heterocycles. The molecular weight excluding hydrogens is 493 g/mol. The van der Waals surface area contributed by atoms with Gasteiger partial charge in [0.1, 0.15) is 0 Å². The average Bonchev–Trinajstić information content (AvgIpc) is 3.21. The zero-order valence-electron chi connectivity index (χ0n) is 19.3. The zero-order chi connectivity index (χ0) is 23.4. The monoisotopic (exact) mass is 519 g/mol. The summed E-state index contributed by atoms with van der Waals surface area (Å²) in [4.78, 5) is 28.4. The van der Waals surface area contributed by atoms with Crippen molar-refractivity contribution in [3.63, 3.8) is 0 Å². The fourth-order valence-corrected chi connectivity index (χ4v) is 4.01. The number of anilines is 1. The molecule has 1 aromatic heterocycles. The summed E-state index contributed by atoms with van der Waals surface area (Å²) in [5.74, 6) is 0.0927. The minimum Gasteiger partial charge on any atom is -0.463 e. The van der Waals surface area contributed by atoms with Gasteiger partial charge in [-0.05, 0) is 25.0 Å². The number of nitrogens with one attached hydrogen (secondary N) is 2. The second-order valence-corrected chi connectivity index (χ2v) is 7.67. The lowest BCUT2D eigenvalue weighted by molar-refractivity contribution is -0.384. The molecule has 0 saturated heterocycles. The van der Waals surface area contributed by atoms with Gasteiger partial charge in [0.05, 0.1) is 35.0 Å². The quantitative estimate of drug-likeness (QED) is 0.250. The van der Waals surface area contributed by atoms with Crippen molar-refractivity contribution in [2.75, 3.05) is 11.9 Å². The number of hydrogen-bond acceptors (Lipinski definition) is 7. The number of nitro benzene ring substituents is 1. The molecule has 9 nitrogen and oxygen atoms in total. The maximum Gasteiger partial charge on any atom is 0.338 e. The van der Waals surface area contributed by atoms with Crippen molar-refractivity contribution in [3.05, 3.63) is 99.0 Å². The molecule has 0 radical (unpaired) electrons. The van der Waals surface area contributed by atoms with E-state index in [0.717, 1.165) is 11.3 Å². The van der Waals surface area contributed by atoms with Crippen LogP contribution in [0.5, 0.6) is 0 Å². The van der Waals surface area contributed by atoms with Gasteiger partial charge in [0.25, 0.3) is 5.69 Å². The van der Waals surface area contributed by atoms with Crippen molar-refractivity contribution < 1.29 is 14.5 Å². The third-order valence-corrected chi connectivity index (χ3v) is 5.48. The predicted octanol–water partition coefficient (Wildman–Crippen LogP) is 4.78. The van der Waals surface area contributed by atoms with Crippen LogP contribution in [0.4, 0.5) is 11.6 Å². The number of aromatic nitrogens is 2. The Morgan fingerprint density at radius 3 is 2.60 bits per heavy atom. The Morgan fingerprint density at radius 2 is 1.91 bits per heavy atom. The molecule has 2 aromatic carbocycles. The normalized spacial score (nSPS) is 14.2. The number of benzene rings is 2. The van der Waals surface area contributed by atoms with Gasteiger partial charge >= 0.3 is 5.97 Å². The second-order valence-electron chi connectivity index (χ2n) is 7.67. The number of nitro groups is 1. The van der Waals surface area contributed by atoms with Crippen molar-refractivity contribution in [2.45, 2.75) is 33.0 Å². The number of fused-ring (bicyclic) bond motifs is 1. The van der Waals surface area contributed by atoms with E-state index in [9.17, 15) is 14.9 Å². The molecule has 1 atom stereocenters. The third kappa shape index (κ3) is 6.00. The lowest BCUT2D eigenvalue weighted by Crippen LogP contribution is -2.31. The van der Waals surface area contributed by atoms with Gasteiger partial charge in [0.2, 0.25) is 5.95 Å². The summed E-state index contributed by atoms with van der Waals surface area (Å²) in [5, 5.41) is 18.0. The van der Waals surface area contributed by atoms with Crippen LogP contribution in [-0.4, -0.2) is 27.1 Å². The largest absolute Gasteiger partial charge is 0.463 e. The Balaban J connectivity index is 0.00000216. The fraction of sp³-hybridized carbons (Fsp3) is 0.250. The molecule has 186 valence electrons. The van der Waals surface area contributed by atoms with Gasteiger partial charge < -0.3 is 19.9 Å². The van der Waals surface area contributed by atoms with E-state index in [1.165, 1.54) is 12.1 Å². The van der Waals surface area contributed by atoms with E-state index < -0.39 is 16.9 Å². The van der Waals surface area contributed by atoms with Crippen LogP contribution >= 0.6 is 24.8 Å². The van der Waals surface area contributed by atoms with Crippen LogP contribution in [0.15, 0.2) is 72.1 Å². The van der Waals surface area contributed by atoms with Crippen LogP contribution in [0.2, 0.25) is 0 Å². The van der Waals surface area contributed by atoms with Crippen molar-refractivity contribution in [1.29, 1.82) is 0 Å². The Kier molecular flexibility index (Phi) is 9.82. The molecule has 3 aromatic rings. The minimum absolute atomic E-state index is 0. The first kappa shape index (κ1) is 27.8. The molecule has 11 heteroatoms. The van der Waals surface area contributed by atoms with Gasteiger partial charge in [0, 0.05) is 30.9 Å². The first-order chi connectivity index (χ1) is 16.0. The molecule has 2 N–H and O–H groups in total. The Bertz CT molecular complexity index is 1210. The Hall–Kier alpha value is -3.40. The van der Waals surface area contributed by atoms with E-state index in [4.69, 9.17) is 4.74 Å². The number of imidazole rings is 1. The number of carbonyl (C=O) groups is 1. The summed E-state index contributed by atoms with van der Waals surface area (Å²) in [6, 6.07) is 15.7. The number of ether oxygens (including phenoxy) is 1. The van der Waals surface area contributed by atoms with E-state index in [0.29, 0.717) is 35.9 Å². The number of carbonyl (C=O) groups excluding carboxylic acids is 1. The van der Waals surface area contributed by atoms with Gasteiger partial charge in [-0.2, -0.15) is 0 Å². The number of esters is 1. The molecule has 1 unspecified atom stereocenters. The van der Waals surface area contributed by atoms with Crippen LogP contribution in [0, 0.1) is 10.1 Å². The summed E-state index contributed by atoms with van der Waals surface area (Å²) >= 11 is 0. The molecule has 0 bridgehead atoms. The first-order valence-corrected chi connectivity index (χ1v) is 10.7. The number of hydrogen-bond donors (Lipinski definition) is 2. The van der Waals surface area contributed by atoms with E-state index in [2.05, 4.69) is 15.6 Å². The number of nitrogens with zero attached hydrogens (tertiary/aromatic N) is 3. The summed E-state index contributed by atoms with van der Waals surface area (Å²) < 4.78 is 7.23. The lowest BCUT2D eigenvalue weighted by Gasteiger charge is -2.31. The van der Waals surface area contributed by atoms with Gasteiger partial charge in [-0.25, -0.2) is 9.78 Å². The average molecular weight is 520 g/mol. The number of halogens is 2. The zero-order valence-corrected chi connectivity index (χ0v) is 20.9. The van der Waals surface area contributed by atoms with Crippen molar-refractivity contribution in [3.8, 4) is 0 Å². The standard InChI is InChI=1S/C24H25N5O4.2ClH/c1-3-33-23(30)21-16(2)27-24-26-15-20(14-25-13-17-8-5-4-6-9-17)28(24)22(21)18-10-7-11-19(12-18)29(31)32;;/h4-12,15,22,25H,3,13-14H2,1-2H3,(H,26,27);2*1H. The van der Waals surface area contributed by atoms with Crippen molar-refractivity contribution in [2.24, 2.45) is 0 Å². The Morgan fingerprint density at radius 1 is 1.17 bits per heavy atom. The number of non-ortho nitro benzene ring substituents is 1. The summed E-state index contributed by atoms with van der Waals surface area (Å²) in [7, 11) is 0. The van der Waals surface area contributed by atoms with Crippen LogP contribution < -0.4 is 10.6 Å². The molecule has 0 fully saturated rings. The summed E-state index contributed by atoms with van der Waals surface area (Å²) in [6.07, 6.45) is 1.74. The molecule has 1 aliphatic heterocycles. The van der Waals surface area contributed by atoms with Crippen LogP contribution in [0.1, 0.15) is 36.7 Å². The van der Waals surface area contributed by atoms with E-state index in [1.807, 2.05) is 34.9 Å². The van der Waals surface area contributed by atoms with Crippen molar-refractivity contribution in [1.82, 2.24) is 14.9 Å². The highest BCUT2D eigenvalue weighted by molar-refractivity contribution is 5.92. The molecule has 4 rings (SSSR count). The minimum atomic E-state index is -0.615. The smallest absolute Gasteiger partial charge is 0.338 e. The van der Waals surface area contributed by atoms with Gasteiger partial charge in [-0.3, -0.25) is 10.1 Å². The molecular formula is C24H27Cl2N5O4. The molecule has 0 amide bonds. The third-order valence-electron chi connectivity index (χ3n) is 5.48. The molecule has 35 heavy (non-hydrogen) atoms. The fourth-order valence-electron chi connectivity index (χ4n) is 4.01. The van der Waals surface area contributed by atoms with E-state index in [-0.39, 0.29) is 37.1 Å². The van der Waals surface area contributed by atoms with E-state index in [1.54, 1.807) is 32.2 Å². The molecule has 0 aliphatic carbocycles. The number of allylic oxidation sites excluding steroid dienone is 1. The Labute approximate surface area is 215 Å². The SMILES string of the molecule is CCOC(=O)C1=C(C)Nc2ncc(CNCc3ccccc3)n2C1c1cccc([N+](=O)[O-])c1.Cl.Cl. The highest BCUT2D eigenvalue weighted by Crippen LogP contribution is 2.38. The highest BCUT2D eigenvalue weighted by atomic mass is 35.5. The highest BCUT2D eigenvalue weighted by Gasteiger charge is 2.35. The topological polar surface area (TPSA) is 111 Å². The van der Waals surface area contributed by atoms with Gasteiger partial charge in [0.15, 0.2) is 0 Å². The van der Waals surface area contributed by atoms with Crippen LogP contribution in [0.3, 0.4) is 0 Å². The molecule has 0 spiro atoms. The second kappa shape index (κ2) is 12.3. The maximum atomic E-state index is 12.9. The van der Waals surface area contributed by atoms with Gasteiger partial charge in [-0.15, -0.1) is 24.8 Å². The van der Waals surface area contributed by atoms with E-state index >= 15 is 0 Å². The number of rotatable bonds is 8. The van der Waals surface area contributed by atoms with Crippen LogP contribution in [-0.2, 0) is 22.6 Å². The molecule has 0 saturated carbocycles.